The predicted octanol–water partition coefficient (Wildman–Crippen LogP) is 0.956. The number of hydrogen-bond donors (Lipinski definition) is 0. The molecule has 0 spiro atoms. The molecule has 2 radical (unpaired) electrons. The summed E-state index contributed by atoms with van der Waals surface area (Å²) in [7, 11) is 11.2. The molecule has 0 amide bonds. The van der Waals surface area contributed by atoms with Crippen LogP contribution in [0, 0.1) is 16.4 Å². The van der Waals surface area contributed by atoms with Gasteiger partial charge < -0.3 is 4.74 Å². The molecular weight excluding hydrogens is 364 g/mol. The third-order valence-corrected chi connectivity index (χ3v) is 5.65. The Morgan fingerprint density at radius 3 is 2.35 bits per heavy atom. The van der Waals surface area contributed by atoms with Gasteiger partial charge >= 0.3 is 5.97 Å². The van der Waals surface area contributed by atoms with Crippen LogP contribution < -0.4 is 20.8 Å². The summed E-state index contributed by atoms with van der Waals surface area (Å²) in [6.45, 7) is 5.47. The van der Waals surface area contributed by atoms with Gasteiger partial charge in [-0.05, 0) is 45.7 Å². The smallest absolute Gasteiger partial charge is 0.313 e. The van der Waals surface area contributed by atoms with Gasteiger partial charge in [0.05, 0.1) is 9.49 Å². The molecule has 90 valence electrons. The van der Waals surface area contributed by atoms with Crippen molar-refractivity contribution in [2.24, 2.45) is 5.92 Å². The zero-order valence-electron chi connectivity index (χ0n) is 10.0. The second-order valence-corrected chi connectivity index (χ2v) is 6.32. The standard InChI is InChI=1S/C11H14BIO2P2/c1-4(2)11(14)15-8-5(3)6(12)9(16)10(17)7(8)13/h4H,16-17H2,1-3H3. The van der Waals surface area contributed by atoms with E-state index in [0.717, 1.165) is 19.7 Å². The van der Waals surface area contributed by atoms with Crippen molar-refractivity contribution in [1.29, 1.82) is 0 Å². The second kappa shape index (κ2) is 5.99. The summed E-state index contributed by atoms with van der Waals surface area (Å²) in [6.07, 6.45) is 0. The highest BCUT2D eigenvalue weighted by molar-refractivity contribution is 14.1. The van der Waals surface area contributed by atoms with Crippen LogP contribution in [0.15, 0.2) is 0 Å². The molecule has 1 aromatic rings. The second-order valence-electron chi connectivity index (χ2n) is 4.08. The number of ether oxygens (including phenoxy) is 1. The van der Waals surface area contributed by atoms with E-state index in [1.165, 1.54) is 0 Å². The Balaban J connectivity index is 3.30. The quantitative estimate of drug-likeness (QED) is 0.252. The summed E-state index contributed by atoms with van der Waals surface area (Å²) in [5, 5.41) is 1.88. The Morgan fingerprint density at radius 2 is 1.88 bits per heavy atom. The van der Waals surface area contributed by atoms with Crippen LogP contribution in [-0.4, -0.2) is 13.8 Å². The molecule has 1 aromatic carbocycles. The molecule has 0 fully saturated rings. The number of halogens is 1. The molecular formula is C11H14BIO2P2. The lowest BCUT2D eigenvalue weighted by Gasteiger charge is -2.17. The van der Waals surface area contributed by atoms with E-state index in [-0.39, 0.29) is 11.9 Å². The number of benzene rings is 1. The Bertz CT molecular complexity index is 446. The van der Waals surface area contributed by atoms with E-state index in [4.69, 9.17) is 12.6 Å². The Hall–Kier alpha value is 0.345. The van der Waals surface area contributed by atoms with Gasteiger partial charge in [-0.15, -0.1) is 18.5 Å². The maximum absolute atomic E-state index is 11.6. The SMILES string of the molecule is [B]c1c(C)c(OC(=O)C(C)C)c(I)c(P)c1P. The molecule has 0 aromatic heterocycles. The maximum atomic E-state index is 11.6. The fraction of sp³-hybridized carbons (Fsp3) is 0.364. The molecule has 0 aliphatic rings. The highest BCUT2D eigenvalue weighted by Gasteiger charge is 2.18. The molecule has 0 saturated heterocycles. The third kappa shape index (κ3) is 3.21. The molecule has 1 rings (SSSR count). The Labute approximate surface area is 122 Å². The van der Waals surface area contributed by atoms with E-state index in [0.29, 0.717) is 11.2 Å². The average Bonchev–Trinajstić information content (AvgIpc) is 2.29. The van der Waals surface area contributed by atoms with Gasteiger partial charge in [0.25, 0.3) is 0 Å². The highest BCUT2D eigenvalue weighted by Crippen LogP contribution is 2.24. The number of carbonyl (C=O) groups excluding carboxylic acids is 1. The van der Waals surface area contributed by atoms with Crippen molar-refractivity contribution in [1.82, 2.24) is 0 Å². The van der Waals surface area contributed by atoms with E-state index < -0.39 is 0 Å². The summed E-state index contributed by atoms with van der Waals surface area (Å²) in [6, 6.07) is 0. The average molecular weight is 378 g/mol. The van der Waals surface area contributed by atoms with Crippen LogP contribution in [-0.2, 0) is 4.79 Å². The molecule has 17 heavy (non-hydrogen) atoms. The lowest BCUT2D eigenvalue weighted by Crippen LogP contribution is -2.34. The van der Waals surface area contributed by atoms with Crippen LogP contribution in [0.2, 0.25) is 0 Å². The Kier molecular flexibility index (Phi) is 5.43. The molecule has 2 nitrogen and oxygen atoms in total. The molecule has 2 atom stereocenters. The minimum absolute atomic E-state index is 0.157. The van der Waals surface area contributed by atoms with E-state index in [2.05, 4.69) is 41.1 Å². The van der Waals surface area contributed by atoms with Gasteiger partial charge in [0, 0.05) is 0 Å². The van der Waals surface area contributed by atoms with Gasteiger partial charge in [-0.1, -0.05) is 19.3 Å². The molecule has 2 unspecified atom stereocenters. The van der Waals surface area contributed by atoms with E-state index in [1.54, 1.807) is 13.8 Å². The van der Waals surface area contributed by atoms with Crippen molar-refractivity contribution in [3.8, 4) is 5.75 Å². The molecule has 0 aliphatic heterocycles. The third-order valence-electron chi connectivity index (χ3n) is 2.43. The molecule has 0 heterocycles. The summed E-state index contributed by atoms with van der Waals surface area (Å²) in [5.74, 6) is 0.166. The van der Waals surface area contributed by atoms with E-state index >= 15 is 0 Å². The first kappa shape index (κ1) is 15.4. The van der Waals surface area contributed by atoms with E-state index in [9.17, 15) is 4.79 Å². The minimum atomic E-state index is -0.244. The fourth-order valence-electron chi connectivity index (χ4n) is 1.21. The molecule has 0 saturated carbocycles. The first-order valence-electron chi connectivity index (χ1n) is 5.11. The van der Waals surface area contributed by atoms with Crippen LogP contribution in [0.25, 0.3) is 0 Å². The first-order chi connectivity index (χ1) is 7.77. The Morgan fingerprint density at radius 1 is 1.35 bits per heavy atom. The number of carbonyl (C=O) groups is 1. The monoisotopic (exact) mass is 378 g/mol. The van der Waals surface area contributed by atoms with Gasteiger partial charge in [0.15, 0.2) is 0 Å². The molecule has 0 N–H and O–H groups in total. The van der Waals surface area contributed by atoms with Crippen LogP contribution in [0.1, 0.15) is 19.4 Å². The molecule has 0 bridgehead atoms. The van der Waals surface area contributed by atoms with Crippen LogP contribution in [0.4, 0.5) is 0 Å². The maximum Gasteiger partial charge on any atom is 0.313 e. The van der Waals surface area contributed by atoms with Crippen LogP contribution in [0.5, 0.6) is 5.75 Å². The molecule has 0 aliphatic carbocycles. The van der Waals surface area contributed by atoms with Crippen molar-refractivity contribution in [2.75, 3.05) is 0 Å². The van der Waals surface area contributed by atoms with Crippen LogP contribution >= 0.6 is 41.1 Å². The van der Waals surface area contributed by atoms with Gasteiger partial charge in [-0.3, -0.25) is 4.79 Å². The largest absolute Gasteiger partial charge is 0.425 e. The summed E-state index contributed by atoms with van der Waals surface area (Å²) < 4.78 is 6.31. The minimum Gasteiger partial charge on any atom is -0.425 e. The summed E-state index contributed by atoms with van der Waals surface area (Å²) >= 11 is 2.16. The van der Waals surface area contributed by atoms with Crippen molar-refractivity contribution >= 4 is 71.0 Å². The normalized spacial score (nSPS) is 10.8. The van der Waals surface area contributed by atoms with Crippen molar-refractivity contribution < 1.29 is 9.53 Å². The van der Waals surface area contributed by atoms with Crippen molar-refractivity contribution in [3.63, 3.8) is 0 Å². The summed E-state index contributed by atoms with van der Waals surface area (Å²) in [5.41, 5.74) is 1.45. The lowest BCUT2D eigenvalue weighted by molar-refractivity contribution is -0.137. The number of hydrogen-bond acceptors (Lipinski definition) is 2. The predicted molar refractivity (Wildman–Crippen MR) is 88.4 cm³/mol. The topological polar surface area (TPSA) is 26.3 Å². The van der Waals surface area contributed by atoms with Crippen molar-refractivity contribution in [2.45, 2.75) is 20.8 Å². The van der Waals surface area contributed by atoms with Gasteiger partial charge in [0.1, 0.15) is 13.6 Å². The fourth-order valence-corrected chi connectivity index (χ4v) is 2.96. The van der Waals surface area contributed by atoms with Gasteiger partial charge in [-0.25, -0.2) is 0 Å². The molecule has 6 heteroatoms. The number of esters is 1. The zero-order valence-corrected chi connectivity index (χ0v) is 14.5. The lowest BCUT2D eigenvalue weighted by atomic mass is 9.90. The summed E-state index contributed by atoms with van der Waals surface area (Å²) in [4.78, 5) is 11.6. The zero-order chi connectivity index (χ0) is 13.3. The van der Waals surface area contributed by atoms with E-state index in [1.807, 2.05) is 6.92 Å². The van der Waals surface area contributed by atoms with Crippen molar-refractivity contribution in [3.05, 3.63) is 9.13 Å². The van der Waals surface area contributed by atoms with Crippen LogP contribution in [0.3, 0.4) is 0 Å². The van der Waals surface area contributed by atoms with Gasteiger partial charge in [0.2, 0.25) is 0 Å². The highest BCUT2D eigenvalue weighted by atomic mass is 127. The van der Waals surface area contributed by atoms with Gasteiger partial charge in [-0.2, -0.15) is 0 Å². The first-order valence-corrected chi connectivity index (χ1v) is 7.34. The number of rotatable bonds is 2.